The van der Waals surface area contributed by atoms with Crippen LogP contribution in [0.4, 0.5) is 17.5 Å². The predicted octanol–water partition coefficient (Wildman–Crippen LogP) is 0.594. The maximum Gasteiger partial charge on any atom is 0.329 e. The topological polar surface area (TPSA) is 122 Å². The molecular formula is C17H27N7O3. The van der Waals surface area contributed by atoms with Crippen molar-refractivity contribution in [1.29, 1.82) is 0 Å². The van der Waals surface area contributed by atoms with Gasteiger partial charge in [-0.3, -0.25) is 19.8 Å². The van der Waals surface area contributed by atoms with E-state index in [1.807, 2.05) is 9.80 Å². The summed E-state index contributed by atoms with van der Waals surface area (Å²) in [5.74, 6) is 1.56. The zero-order chi connectivity index (χ0) is 19.6. The van der Waals surface area contributed by atoms with Crippen molar-refractivity contribution in [3.63, 3.8) is 0 Å². The van der Waals surface area contributed by atoms with Gasteiger partial charge in [-0.1, -0.05) is 13.8 Å². The maximum absolute atomic E-state index is 12.6. The first-order valence-corrected chi connectivity index (χ1v) is 9.35. The third kappa shape index (κ3) is 4.62. The molecule has 0 saturated carbocycles. The number of hydrogen-bond acceptors (Lipinski definition) is 8. The number of piperidine rings is 1. The van der Waals surface area contributed by atoms with Crippen molar-refractivity contribution in [2.24, 2.45) is 11.8 Å². The van der Waals surface area contributed by atoms with Gasteiger partial charge in [0.15, 0.2) is 0 Å². The third-order valence-electron chi connectivity index (χ3n) is 5.22. The van der Waals surface area contributed by atoms with Crippen LogP contribution in [0.15, 0.2) is 6.20 Å². The van der Waals surface area contributed by atoms with E-state index in [1.165, 1.54) is 6.42 Å². The second kappa shape index (κ2) is 8.03. The van der Waals surface area contributed by atoms with Crippen LogP contribution < -0.4 is 10.6 Å². The summed E-state index contributed by atoms with van der Waals surface area (Å²) < 4.78 is 0. The van der Waals surface area contributed by atoms with Crippen LogP contribution in [0.3, 0.4) is 0 Å². The number of likely N-dealkylation sites (tertiary alicyclic amines) is 1. The lowest BCUT2D eigenvalue weighted by Crippen LogP contribution is -2.52. The van der Waals surface area contributed by atoms with Crippen molar-refractivity contribution in [2.45, 2.75) is 20.3 Å². The minimum absolute atomic E-state index is 0.129. The van der Waals surface area contributed by atoms with Gasteiger partial charge in [0.25, 0.3) is 0 Å². The standard InChI is InChI=1S/C17H27N7O3/c1-12-7-13(2)10-23(9-12)15(25)11-21-3-5-22(6-4-21)17-19-8-14(24(26)27)16(18)20-17/h8,12-13H,3-7,9-11H2,1-2H3,(H2,18,19,20). The quantitative estimate of drug-likeness (QED) is 0.598. The Hall–Kier alpha value is -2.49. The Morgan fingerprint density at radius 3 is 2.44 bits per heavy atom. The molecule has 2 atom stereocenters. The van der Waals surface area contributed by atoms with Crippen LogP contribution >= 0.6 is 0 Å². The van der Waals surface area contributed by atoms with Crippen molar-refractivity contribution in [3.05, 3.63) is 16.3 Å². The molecule has 10 nitrogen and oxygen atoms in total. The monoisotopic (exact) mass is 377 g/mol. The first-order valence-electron chi connectivity index (χ1n) is 9.35. The minimum atomic E-state index is -0.592. The number of carbonyl (C=O) groups excluding carboxylic acids is 1. The highest BCUT2D eigenvalue weighted by atomic mass is 16.6. The average Bonchev–Trinajstić information content (AvgIpc) is 2.61. The molecule has 148 valence electrons. The summed E-state index contributed by atoms with van der Waals surface area (Å²) in [6.45, 7) is 9.24. The normalized spacial score (nSPS) is 24.1. The molecule has 2 aliphatic rings. The average molecular weight is 377 g/mol. The maximum atomic E-state index is 12.6. The number of nitrogen functional groups attached to an aromatic ring is 1. The Bertz CT molecular complexity index is 696. The Morgan fingerprint density at radius 2 is 1.89 bits per heavy atom. The van der Waals surface area contributed by atoms with Crippen LogP contribution in [0, 0.1) is 22.0 Å². The molecule has 0 aliphatic carbocycles. The molecule has 2 fully saturated rings. The fourth-order valence-electron chi connectivity index (χ4n) is 3.94. The van der Waals surface area contributed by atoms with Gasteiger partial charge < -0.3 is 15.5 Å². The van der Waals surface area contributed by atoms with E-state index in [0.717, 1.165) is 19.3 Å². The Kier molecular flexibility index (Phi) is 5.73. The second-order valence-electron chi connectivity index (χ2n) is 7.71. The van der Waals surface area contributed by atoms with E-state index < -0.39 is 4.92 Å². The zero-order valence-electron chi connectivity index (χ0n) is 15.9. The lowest BCUT2D eigenvalue weighted by Gasteiger charge is -2.38. The van der Waals surface area contributed by atoms with Gasteiger partial charge in [0.1, 0.15) is 6.20 Å². The van der Waals surface area contributed by atoms with Crippen LogP contribution in [0.2, 0.25) is 0 Å². The van der Waals surface area contributed by atoms with Gasteiger partial charge in [-0.2, -0.15) is 4.98 Å². The van der Waals surface area contributed by atoms with E-state index in [0.29, 0.717) is 50.5 Å². The van der Waals surface area contributed by atoms with Gasteiger partial charge >= 0.3 is 5.69 Å². The van der Waals surface area contributed by atoms with E-state index in [2.05, 4.69) is 28.7 Å². The van der Waals surface area contributed by atoms with E-state index >= 15 is 0 Å². The van der Waals surface area contributed by atoms with Gasteiger partial charge in [-0.25, -0.2) is 4.98 Å². The number of piperazine rings is 1. The first kappa shape index (κ1) is 19.3. The van der Waals surface area contributed by atoms with Gasteiger partial charge in [-0.15, -0.1) is 0 Å². The van der Waals surface area contributed by atoms with Gasteiger partial charge in [0.05, 0.1) is 11.5 Å². The summed E-state index contributed by atoms with van der Waals surface area (Å²) in [6.07, 6.45) is 2.33. The molecule has 2 aliphatic heterocycles. The van der Waals surface area contributed by atoms with E-state index in [9.17, 15) is 14.9 Å². The number of amides is 1. The molecule has 2 unspecified atom stereocenters. The van der Waals surface area contributed by atoms with Crippen LogP contribution in [0.25, 0.3) is 0 Å². The molecule has 0 aromatic carbocycles. The van der Waals surface area contributed by atoms with Crippen LogP contribution in [-0.2, 0) is 4.79 Å². The first-order chi connectivity index (χ1) is 12.8. The molecule has 0 radical (unpaired) electrons. The highest BCUT2D eigenvalue weighted by Crippen LogP contribution is 2.22. The summed E-state index contributed by atoms with van der Waals surface area (Å²) in [6, 6.07) is 0. The number of nitro groups is 1. The van der Waals surface area contributed by atoms with Crippen LogP contribution in [0.1, 0.15) is 20.3 Å². The van der Waals surface area contributed by atoms with Gasteiger partial charge in [0, 0.05) is 39.3 Å². The molecular weight excluding hydrogens is 350 g/mol. The molecule has 0 bridgehead atoms. The number of nitrogens with zero attached hydrogens (tertiary/aromatic N) is 6. The summed E-state index contributed by atoms with van der Waals surface area (Å²) in [5, 5.41) is 10.8. The molecule has 1 aromatic heterocycles. The number of anilines is 2. The number of carbonyl (C=O) groups is 1. The summed E-state index contributed by atoms with van der Waals surface area (Å²) >= 11 is 0. The summed E-state index contributed by atoms with van der Waals surface area (Å²) in [7, 11) is 0. The lowest BCUT2D eigenvalue weighted by atomic mass is 9.92. The molecule has 2 N–H and O–H groups in total. The van der Waals surface area contributed by atoms with Crippen molar-refractivity contribution in [1.82, 2.24) is 19.8 Å². The number of hydrogen-bond donors (Lipinski definition) is 1. The largest absolute Gasteiger partial charge is 0.378 e. The molecule has 2 saturated heterocycles. The van der Waals surface area contributed by atoms with Crippen LogP contribution in [-0.4, -0.2) is 76.4 Å². The zero-order valence-corrected chi connectivity index (χ0v) is 15.9. The van der Waals surface area contributed by atoms with E-state index in [-0.39, 0.29) is 17.4 Å². The molecule has 0 spiro atoms. The molecule has 3 heterocycles. The number of nitrogens with two attached hydrogens (primary N) is 1. The van der Waals surface area contributed by atoms with Crippen LogP contribution in [0.5, 0.6) is 0 Å². The number of aromatic nitrogens is 2. The van der Waals surface area contributed by atoms with Crippen molar-refractivity contribution >= 4 is 23.4 Å². The predicted molar refractivity (Wildman–Crippen MR) is 101 cm³/mol. The smallest absolute Gasteiger partial charge is 0.329 e. The molecule has 1 amide bonds. The van der Waals surface area contributed by atoms with Gasteiger partial charge in [-0.05, 0) is 18.3 Å². The van der Waals surface area contributed by atoms with E-state index in [1.54, 1.807) is 0 Å². The SMILES string of the molecule is CC1CC(C)CN(C(=O)CN2CCN(c3ncc([N+](=O)[O-])c(N)n3)CC2)C1. The van der Waals surface area contributed by atoms with Crippen molar-refractivity contribution in [3.8, 4) is 0 Å². The highest BCUT2D eigenvalue weighted by molar-refractivity contribution is 5.78. The fourth-order valence-corrected chi connectivity index (χ4v) is 3.94. The van der Waals surface area contributed by atoms with Crippen molar-refractivity contribution in [2.75, 3.05) is 56.4 Å². The third-order valence-corrected chi connectivity index (χ3v) is 5.22. The lowest BCUT2D eigenvalue weighted by molar-refractivity contribution is -0.384. The second-order valence-corrected chi connectivity index (χ2v) is 7.71. The van der Waals surface area contributed by atoms with Gasteiger partial charge in [0.2, 0.25) is 17.7 Å². The molecule has 1 aromatic rings. The summed E-state index contributed by atoms with van der Waals surface area (Å²) in [4.78, 5) is 37.0. The Balaban J connectivity index is 1.52. The summed E-state index contributed by atoms with van der Waals surface area (Å²) in [5.41, 5.74) is 5.36. The molecule has 10 heteroatoms. The Morgan fingerprint density at radius 1 is 1.26 bits per heavy atom. The van der Waals surface area contributed by atoms with Crippen molar-refractivity contribution < 1.29 is 9.72 Å². The Labute approximate surface area is 158 Å². The fraction of sp³-hybridized carbons (Fsp3) is 0.706. The molecule has 27 heavy (non-hydrogen) atoms. The highest BCUT2D eigenvalue weighted by Gasteiger charge is 2.28. The molecule has 3 rings (SSSR count). The number of rotatable bonds is 4. The minimum Gasteiger partial charge on any atom is -0.378 e. The van der Waals surface area contributed by atoms with E-state index in [4.69, 9.17) is 5.73 Å².